The van der Waals surface area contributed by atoms with Gasteiger partial charge in [0.25, 0.3) is 0 Å². The van der Waals surface area contributed by atoms with Gasteiger partial charge in [-0.25, -0.2) is 0 Å². The van der Waals surface area contributed by atoms with E-state index in [1.54, 1.807) is 11.3 Å². The van der Waals surface area contributed by atoms with Gasteiger partial charge in [-0.15, -0.1) is 11.3 Å². The summed E-state index contributed by atoms with van der Waals surface area (Å²) in [5.74, 6) is 0. The van der Waals surface area contributed by atoms with E-state index >= 15 is 0 Å². The highest BCUT2D eigenvalue weighted by Gasteiger charge is 2.10. The molecule has 0 aliphatic rings. The number of rotatable bonds is 10. The lowest BCUT2D eigenvalue weighted by Crippen LogP contribution is -2.35. The van der Waals surface area contributed by atoms with Gasteiger partial charge in [-0.1, -0.05) is 26.3 Å². The number of hydrogen-bond acceptors (Lipinski definition) is 4. The molecule has 1 aromatic heterocycles. The smallest absolute Gasteiger partial charge is 0.0900 e. The van der Waals surface area contributed by atoms with Gasteiger partial charge in [0.15, 0.2) is 0 Å². The second-order valence-electron chi connectivity index (χ2n) is 4.50. The van der Waals surface area contributed by atoms with Crippen molar-refractivity contribution in [3.63, 3.8) is 0 Å². The zero-order chi connectivity index (χ0) is 13.2. The second-order valence-corrected chi connectivity index (χ2v) is 5.53. The first-order valence-corrected chi connectivity index (χ1v) is 7.64. The molecule has 0 bridgehead atoms. The lowest BCUT2D eigenvalue weighted by atomic mass is 10.3. The molecule has 4 heteroatoms. The van der Waals surface area contributed by atoms with Crippen LogP contribution in [0, 0.1) is 0 Å². The normalized spacial score (nSPS) is 13.1. The van der Waals surface area contributed by atoms with E-state index < -0.39 is 0 Å². The highest BCUT2D eigenvalue weighted by Crippen LogP contribution is 2.09. The molecular formula is C14H25NO2S. The fourth-order valence-corrected chi connectivity index (χ4v) is 2.44. The molecule has 0 saturated heterocycles. The summed E-state index contributed by atoms with van der Waals surface area (Å²) in [5.41, 5.74) is 0. The SMILES string of the molecule is CCCCN(CC)CC(O)COCc1cccs1. The quantitative estimate of drug-likeness (QED) is 0.710. The molecule has 104 valence electrons. The Bertz CT molecular complexity index is 290. The highest BCUT2D eigenvalue weighted by molar-refractivity contribution is 7.09. The van der Waals surface area contributed by atoms with Gasteiger partial charge in [-0.2, -0.15) is 0 Å². The van der Waals surface area contributed by atoms with Crippen molar-refractivity contribution < 1.29 is 9.84 Å². The van der Waals surface area contributed by atoms with E-state index in [0.29, 0.717) is 19.8 Å². The van der Waals surface area contributed by atoms with Gasteiger partial charge in [0.05, 0.1) is 19.3 Å². The van der Waals surface area contributed by atoms with Gasteiger partial charge in [0.1, 0.15) is 0 Å². The topological polar surface area (TPSA) is 32.7 Å². The summed E-state index contributed by atoms with van der Waals surface area (Å²) in [5, 5.41) is 12.0. The van der Waals surface area contributed by atoms with Gasteiger partial charge in [0, 0.05) is 11.4 Å². The number of nitrogens with zero attached hydrogens (tertiary/aromatic N) is 1. The Balaban J connectivity index is 2.13. The van der Waals surface area contributed by atoms with Crippen molar-refractivity contribution >= 4 is 11.3 Å². The van der Waals surface area contributed by atoms with Gasteiger partial charge in [-0.3, -0.25) is 0 Å². The zero-order valence-corrected chi connectivity index (χ0v) is 12.3. The van der Waals surface area contributed by atoms with Crippen LogP contribution in [-0.4, -0.2) is 42.4 Å². The first-order valence-electron chi connectivity index (χ1n) is 6.76. The van der Waals surface area contributed by atoms with Gasteiger partial charge in [-0.05, 0) is 31.0 Å². The van der Waals surface area contributed by atoms with E-state index in [-0.39, 0.29) is 6.10 Å². The molecule has 1 atom stereocenters. The molecule has 0 saturated carbocycles. The molecule has 0 aliphatic heterocycles. The summed E-state index contributed by atoms with van der Waals surface area (Å²) in [6, 6.07) is 4.07. The van der Waals surface area contributed by atoms with E-state index in [9.17, 15) is 5.11 Å². The number of ether oxygens (including phenoxy) is 1. The van der Waals surface area contributed by atoms with Gasteiger partial charge in [0.2, 0.25) is 0 Å². The fraction of sp³-hybridized carbons (Fsp3) is 0.714. The van der Waals surface area contributed by atoms with Crippen LogP contribution in [0.3, 0.4) is 0 Å². The molecule has 0 amide bonds. The Labute approximate surface area is 114 Å². The maximum atomic E-state index is 9.92. The average Bonchev–Trinajstić information content (AvgIpc) is 2.87. The molecule has 1 aromatic rings. The Morgan fingerprint density at radius 1 is 1.44 bits per heavy atom. The predicted octanol–water partition coefficient (Wildman–Crippen LogP) is 2.75. The van der Waals surface area contributed by atoms with Crippen LogP contribution >= 0.6 is 11.3 Å². The molecule has 1 unspecified atom stereocenters. The van der Waals surface area contributed by atoms with Gasteiger partial charge >= 0.3 is 0 Å². The van der Waals surface area contributed by atoms with E-state index in [1.807, 2.05) is 11.4 Å². The molecule has 1 rings (SSSR count). The van der Waals surface area contributed by atoms with Crippen molar-refractivity contribution in [1.29, 1.82) is 0 Å². The molecule has 0 radical (unpaired) electrons. The lowest BCUT2D eigenvalue weighted by Gasteiger charge is -2.23. The third kappa shape index (κ3) is 6.50. The van der Waals surface area contributed by atoms with Crippen molar-refractivity contribution in [2.24, 2.45) is 0 Å². The standard InChI is InChI=1S/C14H25NO2S/c1-3-5-8-15(4-2)10-13(16)11-17-12-14-7-6-9-18-14/h6-7,9,13,16H,3-5,8,10-12H2,1-2H3. The molecular weight excluding hydrogens is 246 g/mol. The molecule has 0 fully saturated rings. The number of thiophene rings is 1. The molecule has 1 heterocycles. The van der Waals surface area contributed by atoms with Crippen LogP contribution in [0.5, 0.6) is 0 Å². The predicted molar refractivity (Wildman–Crippen MR) is 77.0 cm³/mol. The van der Waals surface area contributed by atoms with Crippen LogP contribution in [0.15, 0.2) is 17.5 Å². The fourth-order valence-electron chi connectivity index (χ4n) is 1.80. The molecule has 3 nitrogen and oxygen atoms in total. The first-order chi connectivity index (χ1) is 8.76. The van der Waals surface area contributed by atoms with Crippen molar-refractivity contribution in [3.05, 3.63) is 22.4 Å². The van der Waals surface area contributed by atoms with Crippen LogP contribution in [0.4, 0.5) is 0 Å². The number of hydrogen-bond donors (Lipinski definition) is 1. The summed E-state index contributed by atoms with van der Waals surface area (Å²) < 4.78 is 5.52. The summed E-state index contributed by atoms with van der Waals surface area (Å²) >= 11 is 1.69. The Kier molecular flexibility index (Phi) is 8.25. The van der Waals surface area contributed by atoms with Crippen molar-refractivity contribution in [2.45, 2.75) is 39.4 Å². The Morgan fingerprint density at radius 2 is 2.28 bits per heavy atom. The van der Waals surface area contributed by atoms with E-state index in [2.05, 4.69) is 24.8 Å². The number of likely N-dealkylation sites (N-methyl/N-ethyl adjacent to an activating group) is 1. The molecule has 1 N–H and O–H groups in total. The maximum Gasteiger partial charge on any atom is 0.0900 e. The minimum Gasteiger partial charge on any atom is -0.389 e. The third-order valence-corrected chi connectivity index (χ3v) is 3.73. The van der Waals surface area contributed by atoms with Gasteiger partial charge < -0.3 is 14.7 Å². The zero-order valence-electron chi connectivity index (χ0n) is 11.5. The largest absolute Gasteiger partial charge is 0.389 e. The summed E-state index contributed by atoms with van der Waals surface area (Å²) in [4.78, 5) is 3.49. The van der Waals surface area contributed by atoms with Crippen LogP contribution < -0.4 is 0 Å². The summed E-state index contributed by atoms with van der Waals surface area (Å²) in [7, 11) is 0. The van der Waals surface area contributed by atoms with Crippen molar-refractivity contribution in [3.8, 4) is 0 Å². The van der Waals surface area contributed by atoms with E-state index in [4.69, 9.17) is 4.74 Å². The third-order valence-electron chi connectivity index (χ3n) is 2.88. The van der Waals surface area contributed by atoms with Crippen molar-refractivity contribution in [1.82, 2.24) is 4.90 Å². The molecule has 0 spiro atoms. The number of aliphatic hydroxyl groups excluding tert-OH is 1. The molecule has 18 heavy (non-hydrogen) atoms. The van der Waals surface area contributed by atoms with E-state index in [0.717, 1.165) is 13.1 Å². The number of unbranched alkanes of at least 4 members (excludes halogenated alkanes) is 1. The minimum atomic E-state index is -0.387. The molecule has 0 aliphatic carbocycles. The summed E-state index contributed by atoms with van der Waals surface area (Å²) in [6.45, 7) is 8.11. The first kappa shape index (κ1) is 15.6. The van der Waals surface area contributed by atoms with Crippen LogP contribution in [0.2, 0.25) is 0 Å². The van der Waals surface area contributed by atoms with E-state index in [1.165, 1.54) is 17.7 Å². The molecule has 0 aromatic carbocycles. The number of aliphatic hydroxyl groups is 1. The van der Waals surface area contributed by atoms with Crippen molar-refractivity contribution in [2.75, 3.05) is 26.2 Å². The Hall–Kier alpha value is -0.420. The minimum absolute atomic E-state index is 0.387. The maximum absolute atomic E-state index is 9.92. The second kappa shape index (κ2) is 9.50. The van der Waals surface area contributed by atoms with Crippen LogP contribution in [-0.2, 0) is 11.3 Å². The Morgan fingerprint density at radius 3 is 2.89 bits per heavy atom. The summed E-state index contributed by atoms with van der Waals surface area (Å²) in [6.07, 6.45) is 2.00. The highest BCUT2D eigenvalue weighted by atomic mass is 32.1. The van der Waals surface area contributed by atoms with Crippen LogP contribution in [0.25, 0.3) is 0 Å². The lowest BCUT2D eigenvalue weighted by molar-refractivity contribution is 0.0113. The monoisotopic (exact) mass is 271 g/mol. The van der Waals surface area contributed by atoms with Crippen LogP contribution in [0.1, 0.15) is 31.6 Å². The average molecular weight is 271 g/mol.